The molecule has 110 valence electrons. The molecule has 2 rings (SSSR count). The van der Waals surface area contributed by atoms with Crippen molar-refractivity contribution in [3.8, 4) is 5.75 Å². The molecule has 1 aromatic rings. The van der Waals surface area contributed by atoms with E-state index in [2.05, 4.69) is 22.9 Å². The lowest BCUT2D eigenvalue weighted by Crippen LogP contribution is -2.40. The summed E-state index contributed by atoms with van der Waals surface area (Å²) in [5.41, 5.74) is 0. The molecule has 1 aliphatic heterocycles. The highest BCUT2D eigenvalue weighted by Crippen LogP contribution is 2.36. The van der Waals surface area contributed by atoms with E-state index in [1.165, 1.54) is 0 Å². The van der Waals surface area contributed by atoms with Crippen LogP contribution in [0.3, 0.4) is 0 Å². The van der Waals surface area contributed by atoms with Crippen molar-refractivity contribution in [2.75, 3.05) is 19.7 Å². The Morgan fingerprint density at radius 1 is 1.40 bits per heavy atom. The van der Waals surface area contributed by atoms with E-state index in [0.717, 1.165) is 25.9 Å². The molecule has 1 fully saturated rings. The first kappa shape index (κ1) is 15.9. The van der Waals surface area contributed by atoms with E-state index in [1.807, 2.05) is 4.90 Å². The fourth-order valence-electron chi connectivity index (χ4n) is 2.15. The lowest BCUT2D eigenvalue weighted by Gasteiger charge is -2.30. The van der Waals surface area contributed by atoms with Crippen molar-refractivity contribution < 1.29 is 9.53 Å². The van der Waals surface area contributed by atoms with E-state index < -0.39 is 0 Å². The molecular formula is C14H16BrCl2NO2. The summed E-state index contributed by atoms with van der Waals surface area (Å²) >= 11 is 15.3. The molecule has 1 heterocycles. The fourth-order valence-corrected chi connectivity index (χ4v) is 3.52. The van der Waals surface area contributed by atoms with Gasteiger partial charge in [0.1, 0.15) is 0 Å². The standard InChI is InChI=1S/C14H16BrCl2NO2/c1-9-2-4-18(5-3-9)13(19)8-20-14-11(15)6-10(16)7-12(14)17/h6-7,9H,2-5,8H2,1H3. The van der Waals surface area contributed by atoms with Crippen LogP contribution in [0.2, 0.25) is 10.0 Å². The molecular weight excluding hydrogens is 365 g/mol. The quantitative estimate of drug-likeness (QED) is 0.777. The number of ether oxygens (including phenoxy) is 1. The van der Waals surface area contributed by atoms with Gasteiger partial charge in [-0.05, 0) is 46.8 Å². The van der Waals surface area contributed by atoms with Crippen LogP contribution in [-0.4, -0.2) is 30.5 Å². The van der Waals surface area contributed by atoms with Gasteiger partial charge in [-0.3, -0.25) is 4.79 Å². The Bertz CT molecular complexity index is 479. The van der Waals surface area contributed by atoms with E-state index >= 15 is 0 Å². The topological polar surface area (TPSA) is 29.5 Å². The molecule has 1 amide bonds. The van der Waals surface area contributed by atoms with E-state index in [-0.39, 0.29) is 12.5 Å². The summed E-state index contributed by atoms with van der Waals surface area (Å²) in [5.74, 6) is 1.14. The Labute approximate surface area is 137 Å². The molecule has 0 bridgehead atoms. The first-order chi connectivity index (χ1) is 9.47. The first-order valence-corrected chi connectivity index (χ1v) is 8.07. The van der Waals surface area contributed by atoms with Gasteiger partial charge in [0, 0.05) is 18.1 Å². The van der Waals surface area contributed by atoms with Crippen molar-refractivity contribution in [3.05, 3.63) is 26.7 Å². The first-order valence-electron chi connectivity index (χ1n) is 6.52. The second-order valence-electron chi connectivity index (χ2n) is 5.05. The van der Waals surface area contributed by atoms with Gasteiger partial charge < -0.3 is 9.64 Å². The number of benzene rings is 1. The Hall–Kier alpha value is -0.450. The van der Waals surface area contributed by atoms with Crippen LogP contribution in [0, 0.1) is 5.92 Å². The van der Waals surface area contributed by atoms with E-state index in [0.29, 0.717) is 26.2 Å². The molecule has 0 spiro atoms. The predicted molar refractivity (Wildman–Crippen MR) is 84.6 cm³/mol. The van der Waals surface area contributed by atoms with Gasteiger partial charge in [0.25, 0.3) is 5.91 Å². The minimum atomic E-state index is -0.00562. The van der Waals surface area contributed by atoms with Crippen molar-refractivity contribution in [2.24, 2.45) is 5.92 Å². The SMILES string of the molecule is CC1CCN(C(=O)COc2c(Cl)cc(Cl)cc2Br)CC1. The summed E-state index contributed by atoms with van der Waals surface area (Å²) in [4.78, 5) is 13.9. The van der Waals surface area contributed by atoms with E-state index in [4.69, 9.17) is 27.9 Å². The number of rotatable bonds is 3. The van der Waals surface area contributed by atoms with Gasteiger partial charge in [-0.25, -0.2) is 0 Å². The maximum atomic E-state index is 12.1. The summed E-state index contributed by atoms with van der Waals surface area (Å²) in [6.07, 6.45) is 2.11. The lowest BCUT2D eigenvalue weighted by molar-refractivity contribution is -0.134. The van der Waals surface area contributed by atoms with Gasteiger partial charge >= 0.3 is 0 Å². The summed E-state index contributed by atoms with van der Waals surface area (Å²) in [7, 11) is 0. The summed E-state index contributed by atoms with van der Waals surface area (Å²) in [6.45, 7) is 3.81. The number of piperidine rings is 1. The summed E-state index contributed by atoms with van der Waals surface area (Å²) in [5, 5.41) is 0.912. The number of hydrogen-bond donors (Lipinski definition) is 0. The van der Waals surface area contributed by atoms with E-state index in [9.17, 15) is 4.79 Å². The minimum Gasteiger partial charge on any atom is -0.481 e. The van der Waals surface area contributed by atoms with Gasteiger partial charge in [-0.15, -0.1) is 0 Å². The van der Waals surface area contributed by atoms with Crippen molar-refractivity contribution in [3.63, 3.8) is 0 Å². The molecule has 1 aromatic carbocycles. The summed E-state index contributed by atoms with van der Waals surface area (Å²) in [6, 6.07) is 3.28. The average Bonchev–Trinajstić information content (AvgIpc) is 2.38. The largest absolute Gasteiger partial charge is 0.481 e. The number of halogens is 3. The monoisotopic (exact) mass is 379 g/mol. The molecule has 0 atom stereocenters. The second kappa shape index (κ2) is 7.01. The van der Waals surface area contributed by atoms with Gasteiger partial charge in [0.05, 0.1) is 9.50 Å². The van der Waals surface area contributed by atoms with Gasteiger partial charge in [-0.1, -0.05) is 30.1 Å². The van der Waals surface area contributed by atoms with Crippen LogP contribution in [0.5, 0.6) is 5.75 Å². The molecule has 0 aliphatic carbocycles. The lowest BCUT2D eigenvalue weighted by atomic mass is 9.99. The highest BCUT2D eigenvalue weighted by molar-refractivity contribution is 9.10. The number of carbonyl (C=O) groups excluding carboxylic acids is 1. The molecule has 0 unspecified atom stereocenters. The highest BCUT2D eigenvalue weighted by atomic mass is 79.9. The zero-order chi connectivity index (χ0) is 14.7. The van der Waals surface area contributed by atoms with Crippen LogP contribution in [0.25, 0.3) is 0 Å². The van der Waals surface area contributed by atoms with Gasteiger partial charge in [0.2, 0.25) is 0 Å². The third kappa shape index (κ3) is 4.03. The number of hydrogen-bond acceptors (Lipinski definition) is 2. The zero-order valence-corrected chi connectivity index (χ0v) is 14.3. The predicted octanol–water partition coefficient (Wildman–Crippen LogP) is 4.39. The molecule has 1 saturated heterocycles. The molecule has 20 heavy (non-hydrogen) atoms. The molecule has 0 N–H and O–H groups in total. The highest BCUT2D eigenvalue weighted by Gasteiger charge is 2.21. The molecule has 1 aliphatic rings. The van der Waals surface area contributed by atoms with Crippen molar-refractivity contribution in [1.29, 1.82) is 0 Å². The molecule has 3 nitrogen and oxygen atoms in total. The second-order valence-corrected chi connectivity index (χ2v) is 6.75. The number of amides is 1. The van der Waals surface area contributed by atoms with E-state index in [1.54, 1.807) is 12.1 Å². The number of nitrogens with zero attached hydrogens (tertiary/aromatic N) is 1. The molecule has 0 radical (unpaired) electrons. The average molecular weight is 381 g/mol. The Morgan fingerprint density at radius 2 is 2.05 bits per heavy atom. The number of carbonyl (C=O) groups is 1. The third-order valence-electron chi connectivity index (χ3n) is 3.44. The van der Waals surface area contributed by atoms with Crippen LogP contribution < -0.4 is 4.74 Å². The van der Waals surface area contributed by atoms with Crippen molar-refractivity contribution >= 4 is 45.0 Å². The van der Waals surface area contributed by atoms with Crippen LogP contribution in [0.4, 0.5) is 0 Å². The Kier molecular flexibility index (Phi) is 5.58. The van der Waals surface area contributed by atoms with Gasteiger partial charge in [0.15, 0.2) is 12.4 Å². The Morgan fingerprint density at radius 3 is 2.65 bits per heavy atom. The molecule has 0 saturated carbocycles. The normalized spacial score (nSPS) is 16.3. The third-order valence-corrected chi connectivity index (χ3v) is 4.53. The molecule has 6 heteroatoms. The molecule has 0 aromatic heterocycles. The van der Waals surface area contributed by atoms with Crippen LogP contribution >= 0.6 is 39.1 Å². The van der Waals surface area contributed by atoms with Gasteiger partial charge in [-0.2, -0.15) is 0 Å². The Balaban J connectivity index is 1.94. The smallest absolute Gasteiger partial charge is 0.260 e. The summed E-state index contributed by atoms with van der Waals surface area (Å²) < 4.78 is 6.18. The zero-order valence-electron chi connectivity index (χ0n) is 11.2. The maximum absolute atomic E-state index is 12.1. The minimum absolute atomic E-state index is 0.00480. The fraction of sp³-hybridized carbons (Fsp3) is 0.500. The maximum Gasteiger partial charge on any atom is 0.260 e. The number of likely N-dealkylation sites (tertiary alicyclic amines) is 1. The van der Waals surface area contributed by atoms with Crippen molar-refractivity contribution in [1.82, 2.24) is 4.90 Å². The van der Waals surface area contributed by atoms with Crippen molar-refractivity contribution in [2.45, 2.75) is 19.8 Å². The van der Waals surface area contributed by atoms with Crippen LogP contribution in [0.15, 0.2) is 16.6 Å². The van der Waals surface area contributed by atoms with Crippen LogP contribution in [0.1, 0.15) is 19.8 Å². The van der Waals surface area contributed by atoms with Crippen LogP contribution in [-0.2, 0) is 4.79 Å².